The minimum atomic E-state index is -0.942. The van der Waals surface area contributed by atoms with Gasteiger partial charge in [0.2, 0.25) is 0 Å². The van der Waals surface area contributed by atoms with Gasteiger partial charge in [-0.25, -0.2) is 0 Å². The highest BCUT2D eigenvalue weighted by Gasteiger charge is 2.36. The van der Waals surface area contributed by atoms with E-state index in [4.69, 9.17) is 18.9 Å². The maximum atomic E-state index is 12.5. The molecule has 0 radical (unpaired) electrons. The van der Waals surface area contributed by atoms with Gasteiger partial charge in [0.15, 0.2) is 0 Å². The second kappa shape index (κ2) is 16.5. The van der Waals surface area contributed by atoms with Crippen LogP contribution in [0.5, 0.6) is 0 Å². The summed E-state index contributed by atoms with van der Waals surface area (Å²) in [4.78, 5) is 47.7. The fraction of sp³-hybridized carbons (Fsp3) is 0.833. The van der Waals surface area contributed by atoms with E-state index in [1.54, 1.807) is 27.7 Å². The van der Waals surface area contributed by atoms with Crippen LogP contribution in [0.4, 0.5) is 0 Å². The van der Waals surface area contributed by atoms with Crippen molar-refractivity contribution < 1.29 is 38.1 Å². The number of unbranched alkanes of at least 4 members (excludes halogenated alkanes) is 2. The van der Waals surface area contributed by atoms with Gasteiger partial charge < -0.3 is 18.9 Å². The van der Waals surface area contributed by atoms with E-state index in [2.05, 4.69) is 31.9 Å². The van der Waals surface area contributed by atoms with E-state index in [9.17, 15) is 19.2 Å². The average Bonchev–Trinajstić information content (AvgIpc) is 2.75. The summed E-state index contributed by atoms with van der Waals surface area (Å²) in [6.07, 6.45) is 3.80. The van der Waals surface area contributed by atoms with Crippen LogP contribution in [0.2, 0.25) is 0 Å². The van der Waals surface area contributed by atoms with E-state index in [0.29, 0.717) is 13.2 Å². The number of esters is 4. The topological polar surface area (TPSA) is 105 Å². The fourth-order valence-corrected chi connectivity index (χ4v) is 4.59. The molecule has 8 nitrogen and oxygen atoms in total. The monoisotopic (exact) mass is 614 g/mol. The van der Waals surface area contributed by atoms with Crippen molar-refractivity contribution in [3.8, 4) is 0 Å². The summed E-state index contributed by atoms with van der Waals surface area (Å²) in [7, 11) is 0. The molecule has 0 aromatic heterocycles. The molecule has 0 spiro atoms. The van der Waals surface area contributed by atoms with Crippen molar-refractivity contribution >= 4 is 55.7 Å². The van der Waals surface area contributed by atoms with Gasteiger partial charge in [-0.05, 0) is 53.4 Å². The van der Waals surface area contributed by atoms with Crippen LogP contribution in [-0.4, -0.2) is 60.0 Å². The molecule has 0 saturated heterocycles. The molecule has 2 atom stereocenters. The van der Waals surface area contributed by atoms with Crippen LogP contribution in [0.1, 0.15) is 80.1 Å². The quantitative estimate of drug-likeness (QED) is 0.0961. The Morgan fingerprint density at radius 1 is 0.618 bits per heavy atom. The van der Waals surface area contributed by atoms with Crippen molar-refractivity contribution in [1.29, 1.82) is 0 Å². The number of carbonyl (C=O) groups is 4. The van der Waals surface area contributed by atoms with E-state index in [0.717, 1.165) is 25.7 Å². The Labute approximate surface area is 220 Å². The summed E-state index contributed by atoms with van der Waals surface area (Å²) >= 11 is 6.56. The van der Waals surface area contributed by atoms with Gasteiger partial charge in [-0.2, -0.15) is 0 Å². The van der Waals surface area contributed by atoms with E-state index in [1.165, 1.54) is 0 Å². The molecule has 0 aromatic carbocycles. The summed E-state index contributed by atoms with van der Waals surface area (Å²) in [5.41, 5.74) is -1.88. The Balaban J connectivity index is 4.46. The lowest BCUT2D eigenvalue weighted by molar-refractivity contribution is -0.164. The molecular weight excluding hydrogens is 576 g/mol. The van der Waals surface area contributed by atoms with Gasteiger partial charge in [-0.15, -0.1) is 0 Å². The SMILES string of the molecule is CCCCOC(=O)C(Br)CC(C)(C)C(=O)OCCOC(=O)C(C)(C)CC(Br)C(=O)OCCCC. The van der Waals surface area contributed by atoms with Crippen LogP contribution >= 0.6 is 31.9 Å². The number of halogens is 2. The molecule has 0 bridgehead atoms. The van der Waals surface area contributed by atoms with Gasteiger partial charge in [0, 0.05) is 0 Å². The van der Waals surface area contributed by atoms with Crippen LogP contribution in [0.25, 0.3) is 0 Å². The third-order valence-corrected chi connectivity index (χ3v) is 6.42. The van der Waals surface area contributed by atoms with Gasteiger partial charge in [-0.3, -0.25) is 19.2 Å². The average molecular weight is 616 g/mol. The first-order valence-electron chi connectivity index (χ1n) is 11.7. The smallest absolute Gasteiger partial charge is 0.319 e. The molecule has 0 aliphatic heterocycles. The van der Waals surface area contributed by atoms with Crippen molar-refractivity contribution in [2.24, 2.45) is 10.8 Å². The zero-order valence-electron chi connectivity index (χ0n) is 21.2. The van der Waals surface area contributed by atoms with Crippen LogP contribution in [0, 0.1) is 10.8 Å². The first kappa shape index (κ1) is 32.8. The van der Waals surface area contributed by atoms with E-state index in [-0.39, 0.29) is 26.1 Å². The first-order valence-corrected chi connectivity index (χ1v) is 13.6. The van der Waals surface area contributed by atoms with Crippen molar-refractivity contribution in [3.63, 3.8) is 0 Å². The number of hydrogen-bond acceptors (Lipinski definition) is 8. The molecule has 0 fully saturated rings. The number of rotatable bonds is 17. The van der Waals surface area contributed by atoms with Gasteiger partial charge in [-0.1, -0.05) is 58.5 Å². The maximum Gasteiger partial charge on any atom is 0.319 e. The van der Waals surface area contributed by atoms with Gasteiger partial charge in [0.05, 0.1) is 24.0 Å². The highest BCUT2D eigenvalue weighted by atomic mass is 79.9. The zero-order chi connectivity index (χ0) is 26.4. The summed E-state index contributed by atoms with van der Waals surface area (Å²) in [5.74, 6) is -1.84. The maximum absolute atomic E-state index is 12.5. The number of alkyl halides is 2. The van der Waals surface area contributed by atoms with Crippen molar-refractivity contribution in [2.75, 3.05) is 26.4 Å². The van der Waals surface area contributed by atoms with E-state index in [1.807, 2.05) is 13.8 Å². The van der Waals surface area contributed by atoms with E-state index >= 15 is 0 Å². The number of ether oxygens (including phenoxy) is 4. The Kier molecular flexibility index (Phi) is 15.9. The molecule has 0 rings (SSSR count). The molecule has 10 heteroatoms. The number of carbonyl (C=O) groups excluding carboxylic acids is 4. The Bertz CT molecular complexity index is 607. The van der Waals surface area contributed by atoms with Crippen LogP contribution in [-0.2, 0) is 38.1 Å². The molecule has 0 N–H and O–H groups in total. The predicted octanol–water partition coefficient (Wildman–Crippen LogP) is 5.12. The molecule has 0 amide bonds. The lowest BCUT2D eigenvalue weighted by atomic mass is 9.88. The molecular formula is C24H40Br2O8. The highest BCUT2D eigenvalue weighted by molar-refractivity contribution is 9.10. The molecule has 0 aromatic rings. The fourth-order valence-electron chi connectivity index (χ4n) is 2.70. The lowest BCUT2D eigenvalue weighted by Gasteiger charge is -2.26. The highest BCUT2D eigenvalue weighted by Crippen LogP contribution is 2.29. The molecule has 0 saturated carbocycles. The Morgan fingerprint density at radius 3 is 1.24 bits per heavy atom. The third kappa shape index (κ3) is 13.1. The van der Waals surface area contributed by atoms with Crippen LogP contribution in [0.15, 0.2) is 0 Å². The summed E-state index contributed by atoms with van der Waals surface area (Å²) in [5, 5.41) is 0. The second-order valence-electron chi connectivity index (χ2n) is 9.43. The van der Waals surface area contributed by atoms with Crippen molar-refractivity contribution in [3.05, 3.63) is 0 Å². The zero-order valence-corrected chi connectivity index (χ0v) is 24.4. The Morgan fingerprint density at radius 2 is 0.941 bits per heavy atom. The first-order chi connectivity index (χ1) is 15.8. The number of hydrogen-bond donors (Lipinski definition) is 0. The third-order valence-electron chi connectivity index (χ3n) is 5.03. The second-order valence-corrected chi connectivity index (χ2v) is 11.6. The molecule has 0 heterocycles. The predicted molar refractivity (Wildman–Crippen MR) is 136 cm³/mol. The van der Waals surface area contributed by atoms with Crippen molar-refractivity contribution in [1.82, 2.24) is 0 Å². The normalized spacial score (nSPS) is 13.5. The minimum Gasteiger partial charge on any atom is -0.465 e. The minimum absolute atomic E-state index is 0.116. The molecule has 0 aliphatic carbocycles. The van der Waals surface area contributed by atoms with Crippen LogP contribution in [0.3, 0.4) is 0 Å². The summed E-state index contributed by atoms with van der Waals surface area (Å²) in [6, 6.07) is 0. The van der Waals surface area contributed by atoms with Crippen LogP contribution < -0.4 is 0 Å². The molecule has 34 heavy (non-hydrogen) atoms. The summed E-state index contributed by atoms with van der Waals surface area (Å²) in [6.45, 7) is 11.2. The molecule has 198 valence electrons. The summed E-state index contributed by atoms with van der Waals surface area (Å²) < 4.78 is 20.8. The Hall–Kier alpha value is -1.16. The molecule has 2 unspecified atom stereocenters. The standard InChI is InChI=1S/C24H40Br2O8/c1-7-9-11-31-19(27)17(25)15-23(3,4)21(29)33-13-14-34-22(30)24(5,6)16-18(26)20(28)32-12-10-8-2/h17-18H,7-16H2,1-6H3. The lowest BCUT2D eigenvalue weighted by Crippen LogP contribution is -2.35. The van der Waals surface area contributed by atoms with E-state index < -0.39 is 44.4 Å². The van der Waals surface area contributed by atoms with Gasteiger partial charge >= 0.3 is 23.9 Å². The van der Waals surface area contributed by atoms with Gasteiger partial charge in [0.1, 0.15) is 22.9 Å². The van der Waals surface area contributed by atoms with Gasteiger partial charge in [0.25, 0.3) is 0 Å². The molecule has 0 aliphatic rings. The largest absolute Gasteiger partial charge is 0.465 e. The van der Waals surface area contributed by atoms with Crippen molar-refractivity contribution in [2.45, 2.75) is 89.7 Å².